The van der Waals surface area contributed by atoms with Crippen LogP contribution in [-0.2, 0) is 4.79 Å². The summed E-state index contributed by atoms with van der Waals surface area (Å²) >= 11 is 0. The van der Waals surface area contributed by atoms with Crippen LogP contribution in [0.1, 0.15) is 6.42 Å². The van der Waals surface area contributed by atoms with Gasteiger partial charge >= 0.3 is 0 Å². The number of aliphatic hydroxyl groups is 1. The smallest absolute Gasteiger partial charge is 0.240 e. The minimum Gasteiger partial charge on any atom is -0.392 e. The second-order valence-electron chi connectivity index (χ2n) is 3.67. The van der Waals surface area contributed by atoms with Crippen molar-refractivity contribution in [3.8, 4) is 0 Å². The highest BCUT2D eigenvalue weighted by Crippen LogP contribution is 2.09. The molecule has 1 heterocycles. The molecule has 0 bridgehead atoms. The fourth-order valence-corrected chi connectivity index (χ4v) is 1.69. The number of hydrogen-bond donors (Lipinski definition) is 2. The first-order valence-electron chi connectivity index (χ1n) is 5.11. The Labute approximate surface area is 102 Å². The van der Waals surface area contributed by atoms with Gasteiger partial charge in [0.1, 0.15) is 0 Å². The lowest BCUT2D eigenvalue weighted by Gasteiger charge is -2.22. The number of nitrogens with one attached hydrogen (secondary N) is 1. The molecule has 1 aliphatic heterocycles. The molecule has 1 amide bonds. The lowest BCUT2D eigenvalue weighted by atomic mass is 10.2. The van der Waals surface area contributed by atoms with Crippen LogP contribution in [0.15, 0.2) is 25.3 Å². The van der Waals surface area contributed by atoms with E-state index in [0.717, 1.165) is 0 Å². The van der Waals surface area contributed by atoms with Crippen LogP contribution in [-0.4, -0.2) is 47.7 Å². The van der Waals surface area contributed by atoms with E-state index in [0.29, 0.717) is 26.1 Å². The molecule has 0 radical (unpaired) electrons. The van der Waals surface area contributed by atoms with E-state index in [1.54, 1.807) is 17.1 Å². The van der Waals surface area contributed by atoms with Crippen molar-refractivity contribution in [2.24, 2.45) is 0 Å². The van der Waals surface area contributed by atoms with Gasteiger partial charge in [0.2, 0.25) is 5.91 Å². The predicted octanol–water partition coefficient (Wildman–Crippen LogP) is 0.332. The van der Waals surface area contributed by atoms with Gasteiger partial charge in [-0.15, -0.1) is 25.6 Å². The molecule has 0 saturated carbocycles. The largest absolute Gasteiger partial charge is 0.392 e. The lowest BCUT2D eigenvalue weighted by Crippen LogP contribution is -2.43. The Hall–Kier alpha value is -0.840. The molecule has 0 aliphatic carbocycles. The summed E-state index contributed by atoms with van der Waals surface area (Å²) in [6, 6.07) is -0.264. The second kappa shape index (κ2) is 7.44. The number of nitrogens with zero attached hydrogens (tertiary/aromatic N) is 1. The quantitative estimate of drug-likeness (QED) is 0.688. The zero-order valence-corrected chi connectivity index (χ0v) is 10.1. The number of carbonyl (C=O) groups excluding carboxylic acids is 1. The molecule has 2 atom stereocenters. The van der Waals surface area contributed by atoms with E-state index in [4.69, 9.17) is 0 Å². The highest BCUT2D eigenvalue weighted by molar-refractivity contribution is 5.85. The number of amides is 1. The van der Waals surface area contributed by atoms with Gasteiger partial charge in [-0.05, 0) is 6.42 Å². The van der Waals surface area contributed by atoms with Crippen LogP contribution < -0.4 is 5.32 Å². The molecule has 16 heavy (non-hydrogen) atoms. The molecule has 0 aromatic heterocycles. The van der Waals surface area contributed by atoms with Gasteiger partial charge < -0.3 is 15.3 Å². The summed E-state index contributed by atoms with van der Waals surface area (Å²) in [5.41, 5.74) is 0. The molecule has 2 N–H and O–H groups in total. The fraction of sp³-hybridized carbons (Fsp3) is 0.545. The van der Waals surface area contributed by atoms with Crippen molar-refractivity contribution in [1.29, 1.82) is 0 Å². The van der Waals surface area contributed by atoms with Crippen molar-refractivity contribution in [1.82, 2.24) is 10.2 Å². The number of β-amino-alcohol motifs (C(OH)–C–C–N with tert-alkyl or cyclic N) is 1. The van der Waals surface area contributed by atoms with Crippen LogP contribution in [0, 0.1) is 0 Å². The van der Waals surface area contributed by atoms with E-state index < -0.39 is 6.10 Å². The van der Waals surface area contributed by atoms with Gasteiger partial charge in [0, 0.05) is 19.6 Å². The normalized spacial score (nSPS) is 23.3. The average Bonchev–Trinajstić information content (AvgIpc) is 2.63. The van der Waals surface area contributed by atoms with E-state index >= 15 is 0 Å². The van der Waals surface area contributed by atoms with E-state index in [2.05, 4.69) is 18.5 Å². The molecule has 1 rings (SSSR count). The van der Waals surface area contributed by atoms with Gasteiger partial charge in [-0.3, -0.25) is 4.79 Å². The van der Waals surface area contributed by atoms with Crippen LogP contribution in [0.3, 0.4) is 0 Å². The Morgan fingerprint density at radius 2 is 2.00 bits per heavy atom. The van der Waals surface area contributed by atoms with Crippen molar-refractivity contribution in [2.75, 3.05) is 19.6 Å². The maximum atomic E-state index is 11.9. The third-order valence-electron chi connectivity index (χ3n) is 2.42. The van der Waals surface area contributed by atoms with Gasteiger partial charge in [-0.25, -0.2) is 0 Å². The zero-order chi connectivity index (χ0) is 11.3. The molecule has 1 fully saturated rings. The van der Waals surface area contributed by atoms with Gasteiger partial charge in [0.05, 0.1) is 12.1 Å². The van der Waals surface area contributed by atoms with Crippen molar-refractivity contribution >= 4 is 18.3 Å². The van der Waals surface area contributed by atoms with Crippen LogP contribution >= 0.6 is 12.4 Å². The molecule has 0 unspecified atom stereocenters. The first-order chi connectivity index (χ1) is 7.19. The molecule has 0 aromatic rings. The van der Waals surface area contributed by atoms with Gasteiger partial charge in [0.25, 0.3) is 0 Å². The first kappa shape index (κ1) is 15.2. The van der Waals surface area contributed by atoms with E-state index in [1.807, 2.05) is 0 Å². The number of hydrogen-bond acceptors (Lipinski definition) is 3. The van der Waals surface area contributed by atoms with Crippen LogP contribution in [0.25, 0.3) is 0 Å². The maximum absolute atomic E-state index is 11.9. The van der Waals surface area contributed by atoms with Crippen molar-refractivity contribution in [2.45, 2.75) is 18.6 Å². The van der Waals surface area contributed by atoms with Crippen molar-refractivity contribution in [3.63, 3.8) is 0 Å². The predicted molar refractivity (Wildman–Crippen MR) is 66.6 cm³/mol. The van der Waals surface area contributed by atoms with Gasteiger partial charge in [0.15, 0.2) is 0 Å². The number of halogens is 1. The van der Waals surface area contributed by atoms with E-state index in [9.17, 15) is 9.90 Å². The second-order valence-corrected chi connectivity index (χ2v) is 3.67. The summed E-state index contributed by atoms with van der Waals surface area (Å²) in [4.78, 5) is 13.6. The van der Waals surface area contributed by atoms with Crippen LogP contribution in [0.2, 0.25) is 0 Å². The molecule has 0 aromatic carbocycles. The Morgan fingerprint density at radius 1 is 1.44 bits per heavy atom. The summed E-state index contributed by atoms with van der Waals surface area (Å²) in [6.45, 7) is 8.74. The number of carbonyl (C=O) groups is 1. The van der Waals surface area contributed by atoms with Crippen molar-refractivity contribution < 1.29 is 9.90 Å². The standard InChI is InChI=1S/C11H18N2O2.ClH/c1-3-5-13(6-4-2)11(15)10-7-9(14)8-12-10;/h3-4,9-10,12,14H,1-2,5-8H2;1H/t9-,10+;/m0./s1. The molecule has 5 heteroatoms. The minimum absolute atomic E-state index is 0. The highest BCUT2D eigenvalue weighted by Gasteiger charge is 2.30. The average molecular weight is 247 g/mol. The highest BCUT2D eigenvalue weighted by atomic mass is 35.5. The summed E-state index contributed by atoms with van der Waals surface area (Å²) in [7, 11) is 0. The number of aliphatic hydroxyl groups excluding tert-OH is 1. The lowest BCUT2D eigenvalue weighted by molar-refractivity contribution is -0.132. The molecular formula is C11H19ClN2O2. The van der Waals surface area contributed by atoms with Crippen molar-refractivity contribution in [3.05, 3.63) is 25.3 Å². The minimum atomic E-state index is -0.409. The Morgan fingerprint density at radius 3 is 2.38 bits per heavy atom. The summed E-state index contributed by atoms with van der Waals surface area (Å²) in [5.74, 6) is 0.00588. The zero-order valence-electron chi connectivity index (χ0n) is 9.26. The van der Waals surface area contributed by atoms with E-state index in [1.165, 1.54) is 0 Å². The molecule has 4 nitrogen and oxygen atoms in total. The Kier molecular flexibility index (Phi) is 7.05. The number of rotatable bonds is 5. The summed E-state index contributed by atoms with van der Waals surface area (Å²) < 4.78 is 0. The molecular weight excluding hydrogens is 228 g/mol. The summed E-state index contributed by atoms with van der Waals surface area (Å²) in [5, 5.41) is 12.3. The molecule has 1 saturated heterocycles. The van der Waals surface area contributed by atoms with Gasteiger partial charge in [-0.1, -0.05) is 12.2 Å². The third-order valence-corrected chi connectivity index (χ3v) is 2.42. The fourth-order valence-electron chi connectivity index (χ4n) is 1.69. The summed E-state index contributed by atoms with van der Waals surface area (Å²) in [6.07, 6.45) is 3.46. The third kappa shape index (κ3) is 3.96. The molecule has 92 valence electrons. The van der Waals surface area contributed by atoms with Crippen LogP contribution in [0.4, 0.5) is 0 Å². The molecule has 0 spiro atoms. The Bertz CT molecular complexity index is 248. The first-order valence-corrected chi connectivity index (χ1v) is 5.11. The maximum Gasteiger partial charge on any atom is 0.240 e. The SMILES string of the molecule is C=CCN(CC=C)C(=O)[C@H]1C[C@H](O)CN1.Cl. The van der Waals surface area contributed by atoms with Gasteiger partial charge in [-0.2, -0.15) is 0 Å². The monoisotopic (exact) mass is 246 g/mol. The van der Waals surface area contributed by atoms with Crippen LogP contribution in [0.5, 0.6) is 0 Å². The molecule has 1 aliphatic rings. The Balaban J connectivity index is 0.00000225. The topological polar surface area (TPSA) is 52.6 Å². The van der Waals surface area contributed by atoms with E-state index in [-0.39, 0.29) is 24.4 Å².